The molecule has 3 heterocycles. The van der Waals surface area contributed by atoms with E-state index in [-0.39, 0.29) is 4.90 Å². The summed E-state index contributed by atoms with van der Waals surface area (Å²) in [5.74, 6) is 0.736. The van der Waals surface area contributed by atoms with Gasteiger partial charge in [-0.05, 0) is 30.3 Å². The third-order valence-corrected chi connectivity index (χ3v) is 7.26. The lowest BCUT2D eigenvalue weighted by Crippen LogP contribution is -2.48. The summed E-state index contributed by atoms with van der Waals surface area (Å²) in [6.07, 6.45) is 2.95. The number of methoxy groups -OCH3 is 1. The van der Waals surface area contributed by atoms with Crippen LogP contribution >= 0.6 is 11.6 Å². The number of aromatic nitrogens is 2. The molecule has 0 radical (unpaired) electrons. The van der Waals surface area contributed by atoms with Gasteiger partial charge in [0.1, 0.15) is 15.8 Å². The van der Waals surface area contributed by atoms with Crippen LogP contribution in [-0.2, 0) is 16.6 Å². The van der Waals surface area contributed by atoms with Crippen molar-refractivity contribution in [3.63, 3.8) is 0 Å². The highest BCUT2D eigenvalue weighted by molar-refractivity contribution is 7.89. The number of ether oxygens (including phenoxy) is 1. The van der Waals surface area contributed by atoms with Crippen LogP contribution < -0.4 is 4.74 Å². The first kappa shape index (κ1) is 20.0. The van der Waals surface area contributed by atoms with E-state index >= 15 is 0 Å². The topological polar surface area (TPSA) is 75.6 Å². The smallest absolute Gasteiger partial charge is 0.244 e. The van der Waals surface area contributed by atoms with Crippen LogP contribution in [0.2, 0.25) is 5.15 Å². The Kier molecular flexibility index (Phi) is 5.69. The SMILES string of the molecule is COc1ccc2cc(CN3CCN(S(=O)(=O)c4cccnc4)CC3)c(Cl)nc2c1. The summed E-state index contributed by atoms with van der Waals surface area (Å²) in [5, 5.41) is 1.44. The first-order chi connectivity index (χ1) is 14.0. The Labute approximate surface area is 174 Å². The fraction of sp³-hybridized carbons (Fsp3) is 0.300. The van der Waals surface area contributed by atoms with E-state index < -0.39 is 10.0 Å². The van der Waals surface area contributed by atoms with Gasteiger partial charge in [-0.15, -0.1) is 0 Å². The minimum Gasteiger partial charge on any atom is -0.497 e. The molecule has 1 aromatic carbocycles. The van der Waals surface area contributed by atoms with Gasteiger partial charge in [0.15, 0.2) is 0 Å². The fourth-order valence-electron chi connectivity index (χ4n) is 3.42. The van der Waals surface area contributed by atoms with E-state index in [2.05, 4.69) is 14.9 Å². The normalized spacial score (nSPS) is 16.2. The van der Waals surface area contributed by atoms with E-state index in [9.17, 15) is 8.42 Å². The van der Waals surface area contributed by atoms with Gasteiger partial charge in [0.05, 0.1) is 12.6 Å². The molecule has 3 aromatic rings. The first-order valence-corrected chi connectivity index (χ1v) is 11.0. The lowest BCUT2D eigenvalue weighted by Gasteiger charge is -2.34. The number of piperazine rings is 1. The van der Waals surface area contributed by atoms with Gasteiger partial charge in [0.2, 0.25) is 10.0 Å². The molecular formula is C20H21ClN4O3S. The molecule has 0 aliphatic carbocycles. The van der Waals surface area contributed by atoms with E-state index in [1.54, 1.807) is 25.4 Å². The molecule has 0 unspecified atom stereocenters. The minimum atomic E-state index is -3.51. The minimum absolute atomic E-state index is 0.227. The maximum Gasteiger partial charge on any atom is 0.244 e. The number of sulfonamides is 1. The largest absolute Gasteiger partial charge is 0.497 e. The van der Waals surface area contributed by atoms with Crippen LogP contribution in [0.3, 0.4) is 0 Å². The van der Waals surface area contributed by atoms with Gasteiger partial charge in [-0.1, -0.05) is 11.6 Å². The van der Waals surface area contributed by atoms with Crippen molar-refractivity contribution in [1.82, 2.24) is 19.2 Å². The monoisotopic (exact) mass is 432 g/mol. The van der Waals surface area contributed by atoms with Crippen LogP contribution in [0, 0.1) is 0 Å². The van der Waals surface area contributed by atoms with E-state index in [1.807, 2.05) is 24.3 Å². The molecule has 1 aliphatic heterocycles. The Balaban J connectivity index is 1.45. The van der Waals surface area contributed by atoms with Crippen LogP contribution in [0.25, 0.3) is 10.9 Å². The third-order valence-electron chi connectivity index (χ3n) is 5.05. The zero-order chi connectivity index (χ0) is 20.4. The predicted octanol–water partition coefficient (Wildman–Crippen LogP) is 2.80. The zero-order valence-electron chi connectivity index (χ0n) is 16.0. The molecule has 152 valence electrons. The summed E-state index contributed by atoms with van der Waals surface area (Å²) in [6, 6.07) is 10.9. The van der Waals surface area contributed by atoms with Crippen molar-refractivity contribution >= 4 is 32.5 Å². The second-order valence-electron chi connectivity index (χ2n) is 6.87. The Hall–Kier alpha value is -2.26. The van der Waals surface area contributed by atoms with Crippen molar-refractivity contribution in [2.45, 2.75) is 11.4 Å². The van der Waals surface area contributed by atoms with Gasteiger partial charge in [0.25, 0.3) is 0 Å². The third kappa shape index (κ3) is 4.20. The predicted molar refractivity (Wildman–Crippen MR) is 112 cm³/mol. The summed E-state index contributed by atoms with van der Waals surface area (Å²) in [4.78, 5) is 10.8. The van der Waals surface area contributed by atoms with Crippen molar-refractivity contribution in [3.05, 3.63) is 59.5 Å². The number of hydrogen-bond acceptors (Lipinski definition) is 6. The fourth-order valence-corrected chi connectivity index (χ4v) is 5.01. The molecule has 9 heteroatoms. The molecule has 0 atom stereocenters. The number of benzene rings is 1. The maximum atomic E-state index is 12.7. The van der Waals surface area contributed by atoms with Gasteiger partial charge in [-0.2, -0.15) is 4.31 Å². The van der Waals surface area contributed by atoms with Gasteiger partial charge >= 0.3 is 0 Å². The van der Waals surface area contributed by atoms with E-state index in [4.69, 9.17) is 16.3 Å². The maximum absolute atomic E-state index is 12.7. The van der Waals surface area contributed by atoms with E-state index in [1.165, 1.54) is 10.5 Å². The molecule has 0 N–H and O–H groups in total. The number of halogens is 1. The summed E-state index contributed by atoms with van der Waals surface area (Å²) < 4.78 is 32.2. The Morgan fingerprint density at radius 1 is 1.14 bits per heavy atom. The summed E-state index contributed by atoms with van der Waals surface area (Å²) in [7, 11) is -1.89. The zero-order valence-corrected chi connectivity index (χ0v) is 17.5. The Bertz CT molecular complexity index is 1120. The molecule has 29 heavy (non-hydrogen) atoms. The van der Waals surface area contributed by atoms with Crippen LogP contribution in [0.15, 0.2) is 53.7 Å². The summed E-state index contributed by atoms with van der Waals surface area (Å²) >= 11 is 6.41. The number of nitrogens with zero attached hydrogens (tertiary/aromatic N) is 4. The van der Waals surface area contributed by atoms with Gasteiger partial charge in [0, 0.05) is 62.1 Å². The van der Waals surface area contributed by atoms with Crippen LogP contribution in [0.5, 0.6) is 5.75 Å². The lowest BCUT2D eigenvalue weighted by molar-refractivity contribution is 0.181. The Morgan fingerprint density at radius 2 is 1.93 bits per heavy atom. The van der Waals surface area contributed by atoms with Gasteiger partial charge < -0.3 is 4.74 Å². The van der Waals surface area contributed by atoms with Crippen molar-refractivity contribution < 1.29 is 13.2 Å². The van der Waals surface area contributed by atoms with Crippen molar-refractivity contribution in [1.29, 1.82) is 0 Å². The lowest BCUT2D eigenvalue weighted by atomic mass is 10.1. The molecule has 0 amide bonds. The van der Waals surface area contributed by atoms with E-state index in [0.717, 1.165) is 22.2 Å². The molecule has 0 spiro atoms. The van der Waals surface area contributed by atoms with Crippen LogP contribution in [0.4, 0.5) is 0 Å². The first-order valence-electron chi connectivity index (χ1n) is 9.23. The van der Waals surface area contributed by atoms with E-state index in [0.29, 0.717) is 37.9 Å². The number of rotatable bonds is 5. The standard InChI is InChI=1S/C20H21ClN4O3S/c1-28-17-5-4-15-11-16(20(21)23-19(15)12-17)14-24-7-9-25(10-8-24)29(26,27)18-3-2-6-22-13-18/h2-6,11-13H,7-10,14H2,1H3. The molecule has 2 aromatic heterocycles. The van der Waals surface area contributed by atoms with Crippen molar-refractivity contribution in [2.24, 2.45) is 0 Å². The quantitative estimate of drug-likeness (QED) is 0.577. The van der Waals surface area contributed by atoms with Crippen molar-refractivity contribution in [2.75, 3.05) is 33.3 Å². The second kappa shape index (κ2) is 8.23. The summed E-state index contributed by atoms with van der Waals surface area (Å²) in [6.45, 7) is 2.71. The second-order valence-corrected chi connectivity index (χ2v) is 9.16. The molecule has 1 saturated heterocycles. The number of hydrogen-bond donors (Lipinski definition) is 0. The molecule has 4 rings (SSSR count). The summed E-state index contributed by atoms with van der Waals surface area (Å²) in [5.41, 5.74) is 1.71. The van der Waals surface area contributed by atoms with Gasteiger partial charge in [-0.25, -0.2) is 13.4 Å². The van der Waals surface area contributed by atoms with Crippen LogP contribution in [-0.4, -0.2) is 60.9 Å². The Morgan fingerprint density at radius 3 is 2.62 bits per heavy atom. The van der Waals surface area contributed by atoms with Crippen LogP contribution in [0.1, 0.15) is 5.56 Å². The average Bonchev–Trinajstić information content (AvgIpc) is 2.75. The molecule has 1 fully saturated rings. The molecule has 0 bridgehead atoms. The molecule has 1 aliphatic rings. The highest BCUT2D eigenvalue weighted by atomic mass is 35.5. The number of fused-ring (bicyclic) bond motifs is 1. The highest BCUT2D eigenvalue weighted by Crippen LogP contribution is 2.26. The van der Waals surface area contributed by atoms with Crippen molar-refractivity contribution in [3.8, 4) is 5.75 Å². The molecule has 0 saturated carbocycles. The van der Waals surface area contributed by atoms with Gasteiger partial charge in [-0.3, -0.25) is 9.88 Å². The molecular weight excluding hydrogens is 412 g/mol. The number of pyridine rings is 2. The average molecular weight is 433 g/mol. The molecule has 7 nitrogen and oxygen atoms in total. The highest BCUT2D eigenvalue weighted by Gasteiger charge is 2.28.